The van der Waals surface area contributed by atoms with Crippen molar-refractivity contribution >= 4 is 40.5 Å². The molecule has 29 heavy (non-hydrogen) atoms. The minimum Gasteiger partial charge on any atom is -0.459 e. The molecule has 0 radical (unpaired) electrons. The molecule has 3 rings (SSSR count). The number of nitrogens with zero attached hydrogens (tertiary/aromatic N) is 1. The first-order valence-corrected chi connectivity index (χ1v) is 10.0. The number of aryl methyl sites for hydroxylation is 1. The maximum absolute atomic E-state index is 13.7. The van der Waals surface area contributed by atoms with Gasteiger partial charge in [0.1, 0.15) is 17.4 Å². The number of carbonyl (C=O) groups excluding carboxylic acids is 2. The van der Waals surface area contributed by atoms with E-state index in [0.717, 1.165) is 11.3 Å². The molecule has 0 aliphatic rings. The van der Waals surface area contributed by atoms with Gasteiger partial charge in [0, 0.05) is 21.7 Å². The lowest BCUT2D eigenvalue weighted by Crippen LogP contribution is -2.14. The summed E-state index contributed by atoms with van der Waals surface area (Å²) in [5, 5.41) is 5.32. The highest BCUT2D eigenvalue weighted by atomic mass is 35.5. The highest BCUT2D eigenvalue weighted by Gasteiger charge is 2.14. The quantitative estimate of drug-likeness (QED) is 0.549. The first kappa shape index (κ1) is 21.0. The van der Waals surface area contributed by atoms with Crippen LogP contribution < -0.4 is 5.32 Å². The number of rotatable bonds is 7. The normalized spacial score (nSPS) is 10.6. The highest BCUT2D eigenvalue weighted by Crippen LogP contribution is 2.20. The number of benzene rings is 2. The lowest BCUT2D eigenvalue weighted by Gasteiger charge is -2.06. The maximum atomic E-state index is 13.7. The molecule has 1 N–H and O–H groups in total. The van der Waals surface area contributed by atoms with Crippen LogP contribution in [-0.4, -0.2) is 16.9 Å². The van der Waals surface area contributed by atoms with Gasteiger partial charge in [0.15, 0.2) is 0 Å². The van der Waals surface area contributed by atoms with Crippen LogP contribution >= 0.6 is 22.9 Å². The molecule has 5 nitrogen and oxygen atoms in total. The van der Waals surface area contributed by atoms with E-state index in [1.807, 2.05) is 31.2 Å². The van der Waals surface area contributed by atoms with Gasteiger partial charge in [0.05, 0.1) is 18.5 Å². The van der Waals surface area contributed by atoms with Crippen molar-refractivity contribution in [3.05, 3.63) is 80.5 Å². The van der Waals surface area contributed by atoms with E-state index in [1.54, 1.807) is 5.38 Å². The van der Waals surface area contributed by atoms with Gasteiger partial charge in [-0.05, 0) is 31.2 Å². The molecule has 1 amide bonds. The second-order valence-electron chi connectivity index (χ2n) is 6.36. The molecule has 0 unspecified atom stereocenters. The summed E-state index contributed by atoms with van der Waals surface area (Å²) in [4.78, 5) is 28.4. The third-order valence-electron chi connectivity index (χ3n) is 4.01. The molecule has 0 bridgehead atoms. The van der Waals surface area contributed by atoms with Gasteiger partial charge in [0.2, 0.25) is 5.91 Å². The average Bonchev–Trinajstić information content (AvgIpc) is 3.12. The predicted molar refractivity (Wildman–Crippen MR) is 111 cm³/mol. The number of amides is 1. The van der Waals surface area contributed by atoms with Gasteiger partial charge in [-0.1, -0.05) is 35.4 Å². The SMILES string of the molecule is Cc1ccc(NC(=O)Cc2nc(COC(=O)Cc3c(F)cccc3Cl)cs2)cc1. The van der Waals surface area contributed by atoms with E-state index in [0.29, 0.717) is 10.7 Å². The van der Waals surface area contributed by atoms with Crippen LogP contribution in [0.5, 0.6) is 0 Å². The summed E-state index contributed by atoms with van der Waals surface area (Å²) in [5.74, 6) is -1.34. The molecule has 0 spiro atoms. The van der Waals surface area contributed by atoms with Crippen molar-refractivity contribution in [3.8, 4) is 0 Å². The number of halogens is 2. The minimum atomic E-state index is -0.608. The Labute approximate surface area is 176 Å². The second kappa shape index (κ2) is 9.62. The molecule has 1 heterocycles. The van der Waals surface area contributed by atoms with Gasteiger partial charge in [-0.2, -0.15) is 0 Å². The van der Waals surface area contributed by atoms with Crippen LogP contribution in [0.25, 0.3) is 0 Å². The summed E-state index contributed by atoms with van der Waals surface area (Å²) in [5.41, 5.74) is 2.46. The Kier molecular flexibility index (Phi) is 6.95. The minimum absolute atomic E-state index is 0.0546. The number of hydrogen-bond donors (Lipinski definition) is 1. The van der Waals surface area contributed by atoms with Crippen molar-refractivity contribution in [1.82, 2.24) is 4.98 Å². The zero-order chi connectivity index (χ0) is 20.8. The molecule has 0 atom stereocenters. The molecule has 1 aromatic heterocycles. The van der Waals surface area contributed by atoms with Crippen LogP contribution in [0.3, 0.4) is 0 Å². The fourth-order valence-electron chi connectivity index (χ4n) is 2.53. The van der Waals surface area contributed by atoms with Crippen molar-refractivity contribution in [2.24, 2.45) is 0 Å². The highest BCUT2D eigenvalue weighted by molar-refractivity contribution is 7.09. The summed E-state index contributed by atoms with van der Waals surface area (Å²) in [6.07, 6.45) is -0.140. The van der Waals surface area contributed by atoms with Crippen LogP contribution in [0.2, 0.25) is 5.02 Å². The van der Waals surface area contributed by atoms with Crippen molar-refractivity contribution in [2.45, 2.75) is 26.4 Å². The average molecular weight is 433 g/mol. The van der Waals surface area contributed by atoms with Crippen molar-refractivity contribution in [3.63, 3.8) is 0 Å². The van der Waals surface area contributed by atoms with Crippen molar-refractivity contribution in [1.29, 1.82) is 0 Å². The van der Waals surface area contributed by atoms with Crippen LogP contribution in [-0.2, 0) is 33.8 Å². The molecule has 0 aliphatic carbocycles. The van der Waals surface area contributed by atoms with Gasteiger partial charge in [0.25, 0.3) is 0 Å². The summed E-state index contributed by atoms with van der Waals surface area (Å²) in [6, 6.07) is 11.7. The first-order valence-electron chi connectivity index (χ1n) is 8.79. The van der Waals surface area contributed by atoms with E-state index in [4.69, 9.17) is 16.3 Å². The van der Waals surface area contributed by atoms with Crippen molar-refractivity contribution in [2.75, 3.05) is 5.32 Å². The number of hydrogen-bond acceptors (Lipinski definition) is 5. The smallest absolute Gasteiger partial charge is 0.310 e. The third-order valence-corrected chi connectivity index (χ3v) is 5.26. The number of anilines is 1. The van der Waals surface area contributed by atoms with E-state index >= 15 is 0 Å². The fourth-order valence-corrected chi connectivity index (χ4v) is 3.53. The lowest BCUT2D eigenvalue weighted by atomic mass is 10.1. The van der Waals surface area contributed by atoms with E-state index in [2.05, 4.69) is 10.3 Å². The summed E-state index contributed by atoms with van der Waals surface area (Å²) in [7, 11) is 0. The lowest BCUT2D eigenvalue weighted by molar-refractivity contribution is -0.144. The number of thiazole rings is 1. The third kappa shape index (κ3) is 6.10. The molecule has 8 heteroatoms. The Morgan fingerprint density at radius 2 is 1.93 bits per heavy atom. The second-order valence-corrected chi connectivity index (χ2v) is 7.71. The summed E-state index contributed by atoms with van der Waals surface area (Å²) >= 11 is 7.22. The van der Waals surface area contributed by atoms with Gasteiger partial charge in [-0.15, -0.1) is 11.3 Å². The molecule has 0 aliphatic heterocycles. The molecular formula is C21H18ClFN2O3S. The monoisotopic (exact) mass is 432 g/mol. The summed E-state index contributed by atoms with van der Waals surface area (Å²) in [6.45, 7) is 1.92. The Hall–Kier alpha value is -2.77. The Balaban J connectivity index is 1.49. The zero-order valence-electron chi connectivity index (χ0n) is 15.6. The van der Waals surface area contributed by atoms with Gasteiger partial charge in [-0.3, -0.25) is 9.59 Å². The molecular weight excluding hydrogens is 415 g/mol. The van der Waals surface area contributed by atoms with Crippen molar-refractivity contribution < 1.29 is 18.7 Å². The van der Waals surface area contributed by atoms with Gasteiger partial charge < -0.3 is 10.1 Å². The Bertz CT molecular complexity index is 1000. The molecule has 0 saturated heterocycles. The predicted octanol–water partition coefficient (Wildman–Crippen LogP) is 4.71. The largest absolute Gasteiger partial charge is 0.459 e. The number of ether oxygens (including phenoxy) is 1. The standard InChI is InChI=1S/C21H18ClFN2O3S/c1-13-5-7-14(8-6-13)24-19(26)10-20-25-15(12-29-20)11-28-21(27)9-16-17(22)3-2-4-18(16)23/h2-8,12H,9-11H2,1H3,(H,24,26). The van der Waals surface area contributed by atoms with Gasteiger partial charge in [-0.25, -0.2) is 9.37 Å². The number of nitrogens with one attached hydrogen (secondary N) is 1. The molecule has 2 aromatic carbocycles. The fraction of sp³-hybridized carbons (Fsp3) is 0.190. The first-order chi connectivity index (χ1) is 13.9. The van der Waals surface area contributed by atoms with Crippen LogP contribution in [0.4, 0.5) is 10.1 Å². The Morgan fingerprint density at radius 1 is 1.17 bits per heavy atom. The van der Waals surface area contributed by atoms with Crippen LogP contribution in [0.1, 0.15) is 21.8 Å². The van der Waals surface area contributed by atoms with E-state index in [9.17, 15) is 14.0 Å². The zero-order valence-corrected chi connectivity index (χ0v) is 17.1. The topological polar surface area (TPSA) is 68.3 Å². The maximum Gasteiger partial charge on any atom is 0.310 e. The van der Waals surface area contributed by atoms with Crippen LogP contribution in [0, 0.1) is 12.7 Å². The molecule has 150 valence electrons. The molecule has 0 fully saturated rings. The van der Waals surface area contributed by atoms with E-state index < -0.39 is 11.8 Å². The summed E-state index contributed by atoms with van der Waals surface area (Å²) < 4.78 is 18.9. The van der Waals surface area contributed by atoms with Gasteiger partial charge >= 0.3 is 5.97 Å². The van der Waals surface area contributed by atoms with E-state index in [1.165, 1.54) is 29.5 Å². The van der Waals surface area contributed by atoms with E-state index in [-0.39, 0.29) is 35.9 Å². The number of esters is 1. The van der Waals surface area contributed by atoms with Crippen LogP contribution in [0.15, 0.2) is 47.8 Å². The Morgan fingerprint density at radius 3 is 2.66 bits per heavy atom. The molecule has 0 saturated carbocycles. The number of aromatic nitrogens is 1. The number of carbonyl (C=O) groups is 2. The molecule has 3 aromatic rings.